The average molecular weight is 518 g/mol. The molecule has 36 heavy (non-hydrogen) atoms. The van der Waals surface area contributed by atoms with Gasteiger partial charge in [-0.25, -0.2) is 19.1 Å². The third-order valence-electron chi connectivity index (χ3n) is 4.85. The van der Waals surface area contributed by atoms with Crippen LogP contribution in [0.4, 0.5) is 4.39 Å². The summed E-state index contributed by atoms with van der Waals surface area (Å²) < 4.78 is 53.1. The zero-order chi connectivity index (χ0) is 26.5. The summed E-state index contributed by atoms with van der Waals surface area (Å²) in [5.74, 6) is -1.03. The summed E-state index contributed by atoms with van der Waals surface area (Å²) in [4.78, 5) is 21.3. The molecule has 0 spiro atoms. The number of hydrogen-bond acceptors (Lipinski definition) is 7. The van der Waals surface area contributed by atoms with E-state index in [-0.39, 0.29) is 25.2 Å². The van der Waals surface area contributed by atoms with Gasteiger partial charge in [0.25, 0.3) is 15.9 Å². The first-order valence-electron chi connectivity index (χ1n) is 11.2. The molecule has 0 aliphatic rings. The number of hydrogen-bond donors (Lipinski definition) is 1. The summed E-state index contributed by atoms with van der Waals surface area (Å²) in [6, 6.07) is 11.5. The Labute approximate surface area is 213 Å². The Balaban J connectivity index is 0.00000361. The Morgan fingerprint density at radius 2 is 1.92 bits per heavy atom. The van der Waals surface area contributed by atoms with Crippen LogP contribution < -0.4 is 14.2 Å². The number of nitrogens with one attached hydrogen (secondary N) is 1. The minimum atomic E-state index is -4.25. The highest BCUT2D eigenvalue weighted by atomic mass is 32.2. The fourth-order valence-corrected chi connectivity index (χ4v) is 4.02. The number of nitrogens with zero attached hydrogens (tertiary/aromatic N) is 2. The zero-order valence-electron chi connectivity index (χ0n) is 20.5. The average Bonchev–Trinajstić information content (AvgIpc) is 2.82. The van der Waals surface area contributed by atoms with Gasteiger partial charge in [0.05, 0.1) is 12.3 Å². The molecule has 0 bridgehead atoms. The molecule has 0 fully saturated rings. The number of sulfonamides is 1. The van der Waals surface area contributed by atoms with Crippen LogP contribution in [0.15, 0.2) is 66.2 Å². The van der Waals surface area contributed by atoms with Gasteiger partial charge < -0.3 is 9.47 Å². The zero-order valence-corrected chi connectivity index (χ0v) is 21.3. The molecule has 8 nitrogen and oxygen atoms in total. The fraction of sp³-hybridized carbons (Fsp3) is 0.269. The summed E-state index contributed by atoms with van der Waals surface area (Å²) in [5.41, 5.74) is 1.05. The summed E-state index contributed by atoms with van der Waals surface area (Å²) in [6.45, 7) is 11.3. The van der Waals surface area contributed by atoms with Crippen molar-refractivity contribution in [2.45, 2.75) is 38.8 Å². The summed E-state index contributed by atoms with van der Waals surface area (Å²) in [6.07, 6.45) is 0.940. The Hall–Kier alpha value is -3.79. The first-order valence-corrected chi connectivity index (χ1v) is 12.7. The summed E-state index contributed by atoms with van der Waals surface area (Å²) >= 11 is 0. The topological polar surface area (TPSA) is 107 Å². The predicted molar refractivity (Wildman–Crippen MR) is 138 cm³/mol. The van der Waals surface area contributed by atoms with Crippen molar-refractivity contribution in [2.75, 3.05) is 6.61 Å². The first-order chi connectivity index (χ1) is 17.0. The van der Waals surface area contributed by atoms with E-state index in [9.17, 15) is 17.6 Å². The molecule has 2 aromatic heterocycles. The van der Waals surface area contributed by atoms with Gasteiger partial charge in [0.1, 0.15) is 23.2 Å². The van der Waals surface area contributed by atoms with E-state index in [2.05, 4.69) is 16.5 Å². The maximum atomic E-state index is 14.3. The minimum absolute atomic E-state index is 0. The van der Waals surface area contributed by atoms with E-state index < -0.39 is 27.9 Å². The van der Waals surface area contributed by atoms with E-state index in [1.54, 1.807) is 26.0 Å². The van der Waals surface area contributed by atoms with Crippen LogP contribution in [0.5, 0.6) is 11.6 Å². The van der Waals surface area contributed by atoms with Crippen LogP contribution in [0.1, 0.15) is 39.7 Å². The second-order valence-corrected chi connectivity index (χ2v) is 10.2. The van der Waals surface area contributed by atoms with Gasteiger partial charge >= 0.3 is 0 Å². The lowest BCUT2D eigenvalue weighted by molar-refractivity contribution is 0.0975. The Morgan fingerprint density at radius 3 is 2.58 bits per heavy atom. The highest BCUT2D eigenvalue weighted by Gasteiger charge is 2.24. The Bertz CT molecular complexity index is 1390. The molecule has 194 valence electrons. The van der Waals surface area contributed by atoms with Crippen LogP contribution in [-0.4, -0.2) is 37.0 Å². The molecular formula is C26H32FN3O5S. The van der Waals surface area contributed by atoms with E-state index in [0.717, 1.165) is 0 Å². The van der Waals surface area contributed by atoms with Crippen molar-refractivity contribution in [3.8, 4) is 22.9 Å². The van der Waals surface area contributed by atoms with Crippen LogP contribution in [0.2, 0.25) is 0 Å². The minimum Gasteiger partial charge on any atom is -0.493 e. The molecule has 0 aliphatic heterocycles. The second kappa shape index (κ2) is 11.3. The largest absolute Gasteiger partial charge is 0.493 e. The maximum absolute atomic E-state index is 14.3. The van der Waals surface area contributed by atoms with Crippen LogP contribution >= 0.6 is 0 Å². The third-order valence-corrected chi connectivity index (χ3v) is 6.08. The predicted octanol–water partition coefficient (Wildman–Crippen LogP) is 5.19. The molecule has 0 saturated heterocycles. The number of carbonyl (C=O) groups is 1. The van der Waals surface area contributed by atoms with Gasteiger partial charge in [-0.05, 0) is 56.2 Å². The fourth-order valence-electron chi connectivity index (χ4n) is 3.04. The van der Waals surface area contributed by atoms with Crippen LogP contribution in [0.3, 0.4) is 0 Å². The summed E-state index contributed by atoms with van der Waals surface area (Å²) in [7, 11) is -4.25. The maximum Gasteiger partial charge on any atom is 0.281 e. The molecular weight excluding hydrogens is 485 g/mol. The van der Waals surface area contributed by atoms with Gasteiger partial charge in [0.2, 0.25) is 5.88 Å². The molecule has 0 aliphatic carbocycles. The molecule has 1 N–H and O–H groups in total. The van der Waals surface area contributed by atoms with Crippen LogP contribution in [0.25, 0.3) is 11.3 Å². The molecule has 1 aromatic carbocycles. The number of aromatic nitrogens is 2. The quantitative estimate of drug-likeness (QED) is 0.369. The molecule has 3 aromatic rings. The van der Waals surface area contributed by atoms with Gasteiger partial charge in [-0.3, -0.25) is 4.79 Å². The van der Waals surface area contributed by atoms with E-state index in [1.165, 1.54) is 42.5 Å². The van der Waals surface area contributed by atoms with Gasteiger partial charge in [0.15, 0.2) is 5.03 Å². The number of halogens is 1. The van der Waals surface area contributed by atoms with Crippen LogP contribution in [0, 0.1) is 18.7 Å². The number of amides is 1. The monoisotopic (exact) mass is 517 g/mol. The lowest BCUT2D eigenvalue weighted by Crippen LogP contribution is -2.32. The normalized spacial score (nSPS) is 12.2. The molecule has 0 saturated carbocycles. The molecule has 0 radical (unpaired) electrons. The van der Waals surface area contributed by atoms with Crippen molar-refractivity contribution < 1.29 is 29.9 Å². The highest BCUT2D eigenvalue weighted by Crippen LogP contribution is 2.28. The Kier molecular flexibility index (Phi) is 8.41. The number of rotatable bonds is 10. The molecule has 10 heteroatoms. The van der Waals surface area contributed by atoms with E-state index in [1.807, 2.05) is 18.6 Å². The smallest absolute Gasteiger partial charge is 0.281 e. The van der Waals surface area contributed by atoms with Crippen LogP contribution in [-0.2, 0) is 10.0 Å². The van der Waals surface area contributed by atoms with E-state index >= 15 is 0 Å². The molecule has 2 heterocycles. The van der Waals surface area contributed by atoms with Crippen molar-refractivity contribution in [3.05, 3.63) is 78.3 Å². The second-order valence-electron chi connectivity index (χ2n) is 8.54. The van der Waals surface area contributed by atoms with Gasteiger partial charge in [-0.1, -0.05) is 32.6 Å². The van der Waals surface area contributed by atoms with Gasteiger partial charge in [0, 0.05) is 20.2 Å². The van der Waals surface area contributed by atoms with Crippen molar-refractivity contribution >= 4 is 15.9 Å². The van der Waals surface area contributed by atoms with Crippen molar-refractivity contribution in [1.82, 2.24) is 14.7 Å². The lowest BCUT2D eigenvalue weighted by Gasteiger charge is -2.16. The Morgan fingerprint density at radius 1 is 1.17 bits per heavy atom. The molecule has 1 atom stereocenters. The van der Waals surface area contributed by atoms with Gasteiger partial charge in [-0.15, -0.1) is 0 Å². The highest BCUT2D eigenvalue weighted by molar-refractivity contribution is 7.90. The SMILES string of the molecule is C=CC(C)Oc1nc(-c2cc(F)cc(OCC(C)C)c2)ccc1C(=O)NS(=O)(=O)c1cccc(C)n1.[HH].[HH]. The van der Waals surface area contributed by atoms with Crippen molar-refractivity contribution in [1.29, 1.82) is 0 Å². The van der Waals surface area contributed by atoms with E-state index in [4.69, 9.17) is 9.47 Å². The van der Waals surface area contributed by atoms with E-state index in [0.29, 0.717) is 29.3 Å². The number of ether oxygens (including phenoxy) is 2. The molecule has 1 amide bonds. The number of aryl methyl sites for hydroxylation is 1. The first kappa shape index (κ1) is 26.8. The number of carbonyl (C=O) groups excluding carboxylic acids is 1. The van der Waals surface area contributed by atoms with Crippen molar-refractivity contribution in [2.24, 2.45) is 5.92 Å². The standard InChI is InChI=1S/C26H28FN3O5S.2H2/c1-6-18(5)35-26-22(25(31)30-36(32,33)24-9-7-8-17(4)28-24)10-11-23(29-26)19-12-20(27)14-21(13-19)34-15-16(2)3;;/h6-14,16,18H,1,15H2,2-5H3,(H,30,31);2*1H. The van der Waals surface area contributed by atoms with Gasteiger partial charge in [-0.2, -0.15) is 8.42 Å². The lowest BCUT2D eigenvalue weighted by atomic mass is 10.1. The molecule has 1 unspecified atom stereocenters. The summed E-state index contributed by atoms with van der Waals surface area (Å²) in [5, 5.41) is -0.295. The number of benzene rings is 1. The third kappa shape index (κ3) is 6.88. The molecule has 3 rings (SSSR count). The number of pyridine rings is 2. The van der Waals surface area contributed by atoms with Crippen molar-refractivity contribution in [3.63, 3.8) is 0 Å².